The number of hydrogen-bond acceptors (Lipinski definition) is 2. The summed E-state index contributed by atoms with van der Waals surface area (Å²) in [5, 5.41) is 3.40. The van der Waals surface area contributed by atoms with E-state index in [0.29, 0.717) is 26.1 Å². The molecule has 0 unspecified atom stereocenters. The molecular formula is C7H6BrCl2NOS. The molecule has 0 aliphatic rings. The van der Waals surface area contributed by atoms with Crippen LogP contribution in [0.2, 0.25) is 8.67 Å². The largest absolute Gasteiger partial charge is 0.351 e. The van der Waals surface area contributed by atoms with Gasteiger partial charge in [0.2, 0.25) is 0 Å². The van der Waals surface area contributed by atoms with E-state index in [1.54, 1.807) is 6.07 Å². The number of carbonyl (C=O) groups is 1. The van der Waals surface area contributed by atoms with E-state index in [9.17, 15) is 4.79 Å². The lowest BCUT2D eigenvalue weighted by Crippen LogP contribution is -2.24. The summed E-state index contributed by atoms with van der Waals surface area (Å²) in [5.74, 6) is -0.187. The molecule has 0 aliphatic heterocycles. The number of nitrogens with one attached hydrogen (secondary N) is 1. The van der Waals surface area contributed by atoms with Crippen LogP contribution in [0.15, 0.2) is 6.07 Å². The molecule has 0 saturated heterocycles. The third kappa shape index (κ3) is 3.13. The molecule has 0 aliphatic carbocycles. The van der Waals surface area contributed by atoms with E-state index in [1.165, 1.54) is 11.3 Å². The third-order valence-corrected chi connectivity index (χ3v) is 3.17. The topological polar surface area (TPSA) is 29.1 Å². The molecule has 0 bridgehead atoms. The zero-order valence-electron chi connectivity index (χ0n) is 6.44. The van der Waals surface area contributed by atoms with Crippen molar-refractivity contribution in [3.8, 4) is 0 Å². The average Bonchev–Trinajstić information content (AvgIpc) is 2.41. The fourth-order valence-electron chi connectivity index (χ4n) is 0.751. The lowest BCUT2D eigenvalue weighted by atomic mass is 10.3. The fraction of sp³-hybridized carbons (Fsp3) is 0.286. The number of hydrogen-bond donors (Lipinski definition) is 1. The number of rotatable bonds is 3. The summed E-state index contributed by atoms with van der Waals surface area (Å²) in [6.07, 6.45) is 0. The van der Waals surface area contributed by atoms with Crippen LogP contribution in [0, 0.1) is 0 Å². The minimum atomic E-state index is -0.187. The zero-order chi connectivity index (χ0) is 9.84. The van der Waals surface area contributed by atoms with Gasteiger partial charge in [0, 0.05) is 11.9 Å². The van der Waals surface area contributed by atoms with Crippen molar-refractivity contribution < 1.29 is 4.79 Å². The second kappa shape index (κ2) is 5.20. The van der Waals surface area contributed by atoms with Gasteiger partial charge in [-0.25, -0.2) is 0 Å². The predicted octanol–water partition coefficient (Wildman–Crippen LogP) is 3.18. The van der Waals surface area contributed by atoms with Crippen molar-refractivity contribution in [2.24, 2.45) is 0 Å². The van der Waals surface area contributed by atoms with Crippen LogP contribution in [0.4, 0.5) is 0 Å². The van der Waals surface area contributed by atoms with E-state index in [2.05, 4.69) is 21.2 Å². The highest BCUT2D eigenvalue weighted by atomic mass is 79.9. The van der Waals surface area contributed by atoms with Gasteiger partial charge in [-0.15, -0.1) is 11.3 Å². The Bertz CT molecular complexity index is 315. The van der Waals surface area contributed by atoms with E-state index < -0.39 is 0 Å². The van der Waals surface area contributed by atoms with Crippen LogP contribution in [0.5, 0.6) is 0 Å². The Hall–Kier alpha value is 0.230. The molecule has 0 aromatic carbocycles. The maximum Gasteiger partial charge on any atom is 0.253 e. The standard InChI is InChI=1S/C7H6BrCl2NOS/c8-1-2-11-7(12)4-3-5(9)13-6(4)10/h3H,1-2H2,(H,11,12). The van der Waals surface area contributed by atoms with Crippen molar-refractivity contribution in [2.75, 3.05) is 11.9 Å². The zero-order valence-corrected chi connectivity index (χ0v) is 10.4. The van der Waals surface area contributed by atoms with Crippen molar-refractivity contribution >= 4 is 56.4 Å². The molecule has 2 nitrogen and oxygen atoms in total. The van der Waals surface area contributed by atoms with E-state index in [1.807, 2.05) is 0 Å². The first kappa shape index (κ1) is 11.3. The van der Waals surface area contributed by atoms with Crippen molar-refractivity contribution in [3.63, 3.8) is 0 Å². The van der Waals surface area contributed by atoms with Gasteiger partial charge in [-0.2, -0.15) is 0 Å². The molecule has 1 amide bonds. The van der Waals surface area contributed by atoms with E-state index in [-0.39, 0.29) is 5.91 Å². The molecular weight excluding hydrogens is 297 g/mol. The molecule has 1 heterocycles. The van der Waals surface area contributed by atoms with Crippen molar-refractivity contribution in [1.29, 1.82) is 0 Å². The minimum absolute atomic E-state index is 0.187. The highest BCUT2D eigenvalue weighted by Gasteiger charge is 2.12. The van der Waals surface area contributed by atoms with Crippen molar-refractivity contribution in [1.82, 2.24) is 5.32 Å². The smallest absolute Gasteiger partial charge is 0.253 e. The molecule has 0 fully saturated rings. The Morgan fingerprint density at radius 1 is 1.62 bits per heavy atom. The SMILES string of the molecule is O=C(NCCBr)c1cc(Cl)sc1Cl. The lowest BCUT2D eigenvalue weighted by Gasteiger charge is -1.99. The highest BCUT2D eigenvalue weighted by Crippen LogP contribution is 2.30. The molecule has 1 aromatic rings. The van der Waals surface area contributed by atoms with Crippen LogP contribution in [0.1, 0.15) is 10.4 Å². The van der Waals surface area contributed by atoms with Gasteiger partial charge in [0.1, 0.15) is 4.34 Å². The number of alkyl halides is 1. The number of amides is 1. The Kier molecular flexibility index (Phi) is 4.52. The van der Waals surface area contributed by atoms with E-state index in [4.69, 9.17) is 23.2 Å². The molecule has 0 radical (unpaired) electrons. The van der Waals surface area contributed by atoms with Gasteiger partial charge >= 0.3 is 0 Å². The molecule has 72 valence electrons. The van der Waals surface area contributed by atoms with Crippen LogP contribution in [-0.2, 0) is 0 Å². The van der Waals surface area contributed by atoms with Crippen molar-refractivity contribution in [3.05, 3.63) is 20.3 Å². The normalized spacial score (nSPS) is 10.1. The summed E-state index contributed by atoms with van der Waals surface area (Å²) >= 11 is 15.9. The van der Waals surface area contributed by atoms with E-state index in [0.717, 1.165) is 0 Å². The molecule has 0 saturated carbocycles. The number of halogens is 3. The summed E-state index contributed by atoms with van der Waals surface area (Å²) in [7, 11) is 0. The second-order valence-corrected chi connectivity index (χ2v) is 5.26. The summed E-state index contributed by atoms with van der Waals surface area (Å²) in [6, 6.07) is 1.57. The maximum absolute atomic E-state index is 11.4. The number of thiophene rings is 1. The monoisotopic (exact) mass is 301 g/mol. The quantitative estimate of drug-likeness (QED) is 0.854. The van der Waals surface area contributed by atoms with Crippen LogP contribution in [-0.4, -0.2) is 17.8 Å². The lowest BCUT2D eigenvalue weighted by molar-refractivity contribution is 0.0957. The Balaban J connectivity index is 2.70. The average molecular weight is 303 g/mol. The summed E-state index contributed by atoms with van der Waals surface area (Å²) < 4.78 is 0.950. The van der Waals surface area contributed by atoms with Crippen LogP contribution < -0.4 is 5.32 Å². The molecule has 1 rings (SSSR count). The van der Waals surface area contributed by atoms with Gasteiger partial charge in [0.15, 0.2) is 0 Å². The first-order valence-electron chi connectivity index (χ1n) is 3.44. The third-order valence-electron chi connectivity index (χ3n) is 1.28. The van der Waals surface area contributed by atoms with Crippen LogP contribution in [0.3, 0.4) is 0 Å². The first-order chi connectivity index (χ1) is 6.15. The fourth-order valence-corrected chi connectivity index (χ4v) is 2.41. The number of carbonyl (C=O) groups excluding carboxylic acids is 1. The van der Waals surface area contributed by atoms with Crippen LogP contribution in [0.25, 0.3) is 0 Å². The van der Waals surface area contributed by atoms with Crippen molar-refractivity contribution in [2.45, 2.75) is 0 Å². The molecule has 6 heteroatoms. The minimum Gasteiger partial charge on any atom is -0.351 e. The Morgan fingerprint density at radius 2 is 2.31 bits per heavy atom. The predicted molar refractivity (Wildman–Crippen MR) is 60.5 cm³/mol. The first-order valence-corrected chi connectivity index (χ1v) is 6.13. The summed E-state index contributed by atoms with van der Waals surface area (Å²) in [6.45, 7) is 0.572. The van der Waals surface area contributed by atoms with Gasteiger partial charge < -0.3 is 5.32 Å². The molecule has 0 spiro atoms. The molecule has 1 N–H and O–H groups in total. The maximum atomic E-state index is 11.4. The van der Waals surface area contributed by atoms with Gasteiger partial charge in [0.05, 0.1) is 9.90 Å². The van der Waals surface area contributed by atoms with Gasteiger partial charge in [0.25, 0.3) is 5.91 Å². The second-order valence-electron chi connectivity index (χ2n) is 2.18. The van der Waals surface area contributed by atoms with E-state index >= 15 is 0 Å². The van der Waals surface area contributed by atoms with Crippen LogP contribution >= 0.6 is 50.5 Å². The highest BCUT2D eigenvalue weighted by molar-refractivity contribution is 9.09. The molecule has 13 heavy (non-hydrogen) atoms. The Morgan fingerprint density at radius 3 is 2.77 bits per heavy atom. The van der Waals surface area contributed by atoms with Gasteiger partial charge in [-0.05, 0) is 6.07 Å². The molecule has 1 aromatic heterocycles. The molecule has 0 atom stereocenters. The van der Waals surface area contributed by atoms with Gasteiger partial charge in [-0.3, -0.25) is 4.79 Å². The summed E-state index contributed by atoms with van der Waals surface area (Å²) in [4.78, 5) is 11.4. The summed E-state index contributed by atoms with van der Waals surface area (Å²) in [5.41, 5.74) is 0.442. The van der Waals surface area contributed by atoms with Gasteiger partial charge in [-0.1, -0.05) is 39.1 Å². The Labute approximate surface area is 98.4 Å².